The van der Waals surface area contributed by atoms with E-state index in [4.69, 9.17) is 11.1 Å². The fourth-order valence-electron chi connectivity index (χ4n) is 2.15. The van der Waals surface area contributed by atoms with E-state index in [1.54, 1.807) is 31.5 Å². The average Bonchev–Trinajstić information content (AvgIpc) is 2.57. The van der Waals surface area contributed by atoms with Gasteiger partial charge in [0.15, 0.2) is 0 Å². The molecule has 126 valence electrons. The summed E-state index contributed by atoms with van der Waals surface area (Å²) in [5, 5.41) is 16.2. The Kier molecular flexibility index (Phi) is 5.36. The van der Waals surface area contributed by atoms with E-state index in [0.717, 1.165) is 17.0 Å². The SMILES string of the molecule is CNC(=O)C1=CNC2=CC=C(N=C(N)C=C(C=N)C(C)C)NC2=C1. The Balaban J connectivity index is 2.20. The number of fused-ring (bicyclic) bond motifs is 1. The van der Waals surface area contributed by atoms with E-state index < -0.39 is 0 Å². The molecule has 0 spiro atoms. The number of carbonyl (C=O) groups excluding carboxylic acids is 1. The molecule has 0 radical (unpaired) electrons. The van der Waals surface area contributed by atoms with Crippen LogP contribution in [0.3, 0.4) is 0 Å². The number of carbonyl (C=O) groups is 1. The van der Waals surface area contributed by atoms with Crippen LogP contribution in [0.5, 0.6) is 0 Å². The van der Waals surface area contributed by atoms with E-state index in [1.165, 1.54) is 6.21 Å². The standard InChI is InChI=1S/C17H22N6O/c1-10(2)11(8-18)7-15(19)23-16-5-4-13-14(22-16)6-12(9-21-13)17(24)20-3/h4-10,18,21-22H,1-3H3,(H2,19,23)(H,20,24). The van der Waals surface area contributed by atoms with Crippen LogP contribution in [0.1, 0.15) is 13.8 Å². The van der Waals surface area contributed by atoms with Gasteiger partial charge >= 0.3 is 0 Å². The van der Waals surface area contributed by atoms with Crippen molar-refractivity contribution in [1.82, 2.24) is 16.0 Å². The highest BCUT2D eigenvalue weighted by molar-refractivity contribution is 5.98. The van der Waals surface area contributed by atoms with Crippen LogP contribution >= 0.6 is 0 Å². The van der Waals surface area contributed by atoms with Gasteiger partial charge in [-0.05, 0) is 35.8 Å². The number of hydrogen-bond donors (Lipinski definition) is 5. The lowest BCUT2D eigenvalue weighted by Gasteiger charge is -2.22. The Morgan fingerprint density at radius 3 is 2.75 bits per heavy atom. The van der Waals surface area contributed by atoms with Gasteiger partial charge in [0.05, 0.1) is 17.0 Å². The largest absolute Gasteiger partial charge is 0.384 e. The molecule has 2 aliphatic heterocycles. The summed E-state index contributed by atoms with van der Waals surface area (Å²) in [6.45, 7) is 3.98. The zero-order valence-electron chi connectivity index (χ0n) is 14.0. The Bertz CT molecular complexity index is 734. The lowest BCUT2D eigenvalue weighted by Crippen LogP contribution is -2.29. The van der Waals surface area contributed by atoms with Crippen molar-refractivity contribution in [2.45, 2.75) is 13.8 Å². The predicted molar refractivity (Wildman–Crippen MR) is 96.0 cm³/mol. The highest BCUT2D eigenvalue weighted by atomic mass is 16.1. The summed E-state index contributed by atoms with van der Waals surface area (Å²) in [6, 6.07) is 0. The summed E-state index contributed by atoms with van der Waals surface area (Å²) in [5.74, 6) is 0.892. The molecule has 7 nitrogen and oxygen atoms in total. The Morgan fingerprint density at radius 1 is 1.38 bits per heavy atom. The van der Waals surface area contributed by atoms with Gasteiger partial charge in [0, 0.05) is 19.5 Å². The van der Waals surface area contributed by atoms with E-state index >= 15 is 0 Å². The van der Waals surface area contributed by atoms with Crippen LogP contribution < -0.4 is 21.7 Å². The molecule has 1 amide bonds. The van der Waals surface area contributed by atoms with Crippen LogP contribution in [0, 0.1) is 11.3 Å². The molecule has 24 heavy (non-hydrogen) atoms. The number of aliphatic imine (C=N–C) groups is 1. The Labute approximate surface area is 141 Å². The molecule has 0 atom stereocenters. The smallest absolute Gasteiger partial charge is 0.252 e. The topological polar surface area (TPSA) is 115 Å². The third-order valence-electron chi connectivity index (χ3n) is 3.53. The van der Waals surface area contributed by atoms with E-state index in [-0.39, 0.29) is 11.8 Å². The summed E-state index contributed by atoms with van der Waals surface area (Å²) in [4.78, 5) is 16.0. The van der Waals surface area contributed by atoms with Gasteiger partial charge in [0.2, 0.25) is 0 Å². The number of nitrogens with one attached hydrogen (secondary N) is 4. The second-order valence-electron chi connectivity index (χ2n) is 5.62. The van der Waals surface area contributed by atoms with Crippen molar-refractivity contribution in [1.29, 1.82) is 5.41 Å². The van der Waals surface area contributed by atoms with Crippen molar-refractivity contribution < 1.29 is 4.79 Å². The number of nitrogens with zero attached hydrogens (tertiary/aromatic N) is 1. The molecule has 2 heterocycles. The lowest BCUT2D eigenvalue weighted by molar-refractivity contribution is -0.116. The number of allylic oxidation sites excluding steroid dienone is 3. The van der Waals surface area contributed by atoms with E-state index in [2.05, 4.69) is 20.9 Å². The van der Waals surface area contributed by atoms with Crippen LogP contribution in [0.4, 0.5) is 0 Å². The van der Waals surface area contributed by atoms with Crippen molar-refractivity contribution in [2.24, 2.45) is 16.6 Å². The molecule has 0 bridgehead atoms. The molecule has 2 aliphatic rings. The fourth-order valence-corrected chi connectivity index (χ4v) is 2.15. The maximum Gasteiger partial charge on any atom is 0.252 e. The number of nitrogens with two attached hydrogens (primary N) is 1. The van der Waals surface area contributed by atoms with Crippen LogP contribution in [-0.2, 0) is 4.79 Å². The fraction of sp³-hybridized carbons (Fsp3) is 0.235. The first-order chi connectivity index (χ1) is 11.4. The van der Waals surface area contributed by atoms with Crippen molar-refractivity contribution in [3.8, 4) is 0 Å². The van der Waals surface area contributed by atoms with Crippen LogP contribution in [0.2, 0.25) is 0 Å². The van der Waals surface area contributed by atoms with Crippen molar-refractivity contribution >= 4 is 18.0 Å². The summed E-state index contributed by atoms with van der Waals surface area (Å²) in [6.07, 6.45) is 10.00. The third-order valence-corrected chi connectivity index (χ3v) is 3.53. The number of dihydropyridines is 2. The number of rotatable bonds is 5. The van der Waals surface area contributed by atoms with Gasteiger partial charge in [-0.3, -0.25) is 4.79 Å². The molecule has 2 rings (SSSR count). The summed E-state index contributed by atoms with van der Waals surface area (Å²) in [5.41, 5.74) is 8.84. The number of amidine groups is 1. The number of hydrogen-bond acceptors (Lipinski definition) is 5. The average molecular weight is 326 g/mol. The first-order valence-electron chi connectivity index (χ1n) is 7.60. The maximum absolute atomic E-state index is 11.7. The summed E-state index contributed by atoms with van der Waals surface area (Å²) >= 11 is 0. The minimum absolute atomic E-state index is 0.176. The lowest BCUT2D eigenvalue weighted by atomic mass is 10.0. The number of likely N-dealkylation sites (N-methyl/N-ethyl adjacent to an activating group) is 1. The van der Waals surface area contributed by atoms with E-state index in [9.17, 15) is 4.79 Å². The highest BCUT2D eigenvalue weighted by Gasteiger charge is 2.17. The summed E-state index contributed by atoms with van der Waals surface area (Å²) in [7, 11) is 1.58. The Hall–Kier alpha value is -3.09. The number of amides is 1. The van der Waals surface area contributed by atoms with E-state index in [1.807, 2.05) is 19.9 Å². The highest BCUT2D eigenvalue weighted by Crippen LogP contribution is 2.19. The second kappa shape index (κ2) is 7.45. The Morgan fingerprint density at radius 2 is 2.12 bits per heavy atom. The van der Waals surface area contributed by atoms with Crippen LogP contribution in [0.15, 0.2) is 63.9 Å². The quantitative estimate of drug-likeness (QED) is 0.383. The molecule has 0 fully saturated rings. The predicted octanol–water partition coefficient (Wildman–Crippen LogP) is 1.02. The van der Waals surface area contributed by atoms with Crippen LogP contribution in [-0.4, -0.2) is 25.0 Å². The zero-order valence-corrected chi connectivity index (χ0v) is 14.0. The van der Waals surface area contributed by atoms with Gasteiger partial charge in [-0.15, -0.1) is 0 Å². The molecule has 7 heteroatoms. The van der Waals surface area contributed by atoms with Gasteiger partial charge in [-0.2, -0.15) is 0 Å². The monoisotopic (exact) mass is 326 g/mol. The maximum atomic E-state index is 11.7. The van der Waals surface area contributed by atoms with Gasteiger partial charge in [-0.25, -0.2) is 4.99 Å². The van der Waals surface area contributed by atoms with Gasteiger partial charge in [0.25, 0.3) is 5.91 Å². The first kappa shape index (κ1) is 17.3. The molecule has 6 N–H and O–H groups in total. The molecule has 0 aliphatic carbocycles. The molecular formula is C17H22N6O. The minimum Gasteiger partial charge on any atom is -0.384 e. The molecular weight excluding hydrogens is 304 g/mol. The van der Waals surface area contributed by atoms with Gasteiger partial charge in [0.1, 0.15) is 11.7 Å². The molecule has 0 aromatic carbocycles. The first-order valence-corrected chi connectivity index (χ1v) is 7.60. The zero-order chi connectivity index (χ0) is 17.7. The van der Waals surface area contributed by atoms with E-state index in [0.29, 0.717) is 17.2 Å². The van der Waals surface area contributed by atoms with Crippen molar-refractivity contribution in [3.05, 3.63) is 58.9 Å². The van der Waals surface area contributed by atoms with Crippen molar-refractivity contribution in [3.63, 3.8) is 0 Å². The van der Waals surface area contributed by atoms with Gasteiger partial charge < -0.3 is 27.1 Å². The molecule has 0 aromatic rings. The third kappa shape index (κ3) is 4.01. The minimum atomic E-state index is -0.176. The second-order valence-corrected chi connectivity index (χ2v) is 5.62. The van der Waals surface area contributed by atoms with Crippen molar-refractivity contribution in [2.75, 3.05) is 7.05 Å². The molecule has 0 saturated heterocycles. The molecule has 0 saturated carbocycles. The van der Waals surface area contributed by atoms with Crippen LogP contribution in [0.25, 0.3) is 0 Å². The normalized spacial score (nSPS) is 17.5. The molecule has 0 unspecified atom stereocenters. The molecule has 0 aromatic heterocycles. The summed E-state index contributed by atoms with van der Waals surface area (Å²) < 4.78 is 0. The van der Waals surface area contributed by atoms with Gasteiger partial charge in [-0.1, -0.05) is 13.8 Å².